The molecule has 0 saturated heterocycles. The first-order valence-electron chi connectivity index (χ1n) is 29.8. The molecule has 0 fully saturated rings. The third-order valence-corrected chi connectivity index (χ3v) is 14.8. The standard InChI is InChI=1S/C21H18F3N3O3S.2C12H8ClF3N2OS.C9H11NO2.C7H6BF3O3.C5H4Cl2N2S/c1-2-29-19(28)14-3-7-16(8-4-14)26-20-25-11-15(12-31)18(27-20)13-5-9-17(10-6-13)30-21(22,23)24;2*13-11-17-5-8(6-20)10(18-11)7-1-3-9(4-2-7)19-12(14,15)16;1-2-12-9(11)7-3-5-8(10)6-4-7;9-7(10,11)14-6-3-1-5(2-4-6)8(12)13;6-4-3(2-10)1-8-5(7)9-4/h3-11,31H,2,12H2,1H3,(H,25,26,27);2*1-5,20H,6H2;3-6H,2,10H2,1H3;1-4,12-13H;1,10H,2H2. The van der Waals surface area contributed by atoms with E-state index in [4.69, 9.17) is 71.7 Å². The summed E-state index contributed by atoms with van der Waals surface area (Å²) < 4.78 is 169. The molecule has 0 aliphatic heterocycles. The second-order valence-electron chi connectivity index (χ2n) is 20.2. The number of nitrogens with one attached hydrogen (secondary N) is 1. The zero-order valence-corrected chi connectivity index (χ0v) is 61.2. The SMILES string of the molecule is CCOC(=O)c1ccc(N)cc1.CCOC(=O)c1ccc(Nc2ncc(CS)c(-c3ccc(OC(F)(F)F)cc3)n2)cc1.FC(F)(F)Oc1ccc(-c2nc(Cl)ncc2CS)cc1.FC(F)(F)Oc1ccc(-c2nc(Cl)ncc2CS)cc1.OB(O)c1ccc(OC(F)(F)F)cc1.SCc1cnc(Cl)nc1Cl. The fraction of sp³-hybridized carbons (Fsp3) is 0.182. The third kappa shape index (κ3) is 32.2. The summed E-state index contributed by atoms with van der Waals surface area (Å²) in [5, 5.41) is 21.0. The second kappa shape index (κ2) is 42.6. The predicted molar refractivity (Wildman–Crippen MR) is 391 cm³/mol. The van der Waals surface area contributed by atoms with Crippen LogP contribution in [0.15, 0.2) is 170 Å². The van der Waals surface area contributed by atoms with Crippen LogP contribution in [0, 0.1) is 0 Å². The zero-order valence-electron chi connectivity index (χ0n) is 54.6. The summed E-state index contributed by atoms with van der Waals surface area (Å²) in [6.45, 7) is 4.18. The quantitative estimate of drug-likeness (QED) is 0.00754. The molecule has 41 heteroatoms. The number of carbonyl (C=O) groups is 2. The molecule has 0 unspecified atom stereocenters. The van der Waals surface area contributed by atoms with Crippen molar-refractivity contribution in [1.29, 1.82) is 0 Å². The number of hydrogen-bond donors (Lipinski definition) is 8. The number of anilines is 3. The normalized spacial score (nSPS) is 11.0. The summed E-state index contributed by atoms with van der Waals surface area (Å²) >= 11 is 39.1. The Labute approximate surface area is 643 Å². The van der Waals surface area contributed by atoms with Gasteiger partial charge in [-0.05, 0) is 188 Å². The Morgan fingerprint density at radius 3 is 1.04 bits per heavy atom. The molecule has 0 aliphatic rings. The Balaban J connectivity index is 0.000000240. The largest absolute Gasteiger partial charge is 0.573 e. The van der Waals surface area contributed by atoms with Gasteiger partial charge >= 0.3 is 44.5 Å². The smallest absolute Gasteiger partial charge is 0.462 e. The molecular weight excluding hydrogens is 1600 g/mol. The highest BCUT2D eigenvalue weighted by molar-refractivity contribution is 7.79. The van der Waals surface area contributed by atoms with E-state index in [2.05, 4.69) is 115 Å². The minimum Gasteiger partial charge on any atom is -0.462 e. The van der Waals surface area contributed by atoms with E-state index in [1.807, 2.05) is 0 Å². The van der Waals surface area contributed by atoms with Gasteiger partial charge in [-0.2, -0.15) is 50.5 Å². The molecule has 10 rings (SSSR count). The van der Waals surface area contributed by atoms with Gasteiger partial charge in [0.25, 0.3) is 0 Å². The van der Waals surface area contributed by atoms with Gasteiger partial charge < -0.3 is 49.5 Å². The van der Waals surface area contributed by atoms with Crippen LogP contribution < -0.4 is 35.5 Å². The van der Waals surface area contributed by atoms with Crippen LogP contribution in [0.25, 0.3) is 33.8 Å². The van der Waals surface area contributed by atoms with E-state index in [1.54, 1.807) is 74.8 Å². The van der Waals surface area contributed by atoms with Gasteiger partial charge in [0, 0.05) is 98.1 Å². The first-order chi connectivity index (χ1) is 50.4. The fourth-order valence-corrected chi connectivity index (χ4v) is 9.62. The molecule has 20 nitrogen and oxygen atoms in total. The van der Waals surface area contributed by atoms with Crippen molar-refractivity contribution in [3.63, 3.8) is 0 Å². The monoisotopic (exact) mass is 1650 g/mol. The lowest BCUT2D eigenvalue weighted by Gasteiger charge is -2.12. The molecular formula is C66H55BCl4F12N10O10S4. The molecule has 0 atom stereocenters. The maximum atomic E-state index is 12.4. The number of hydrogen-bond acceptors (Lipinski definition) is 24. The number of halogens is 16. The highest BCUT2D eigenvalue weighted by Crippen LogP contribution is 2.33. The predicted octanol–water partition coefficient (Wildman–Crippen LogP) is 17.6. The van der Waals surface area contributed by atoms with Crippen LogP contribution in [0.5, 0.6) is 23.0 Å². The molecule has 10 aromatic rings. The van der Waals surface area contributed by atoms with Gasteiger partial charge in [0.2, 0.25) is 21.8 Å². The van der Waals surface area contributed by atoms with Gasteiger partial charge in [0.15, 0.2) is 0 Å². The van der Waals surface area contributed by atoms with E-state index in [1.165, 1.54) is 85.2 Å². The minimum absolute atomic E-state index is 0.0566. The van der Waals surface area contributed by atoms with Gasteiger partial charge in [-0.1, -0.05) is 23.7 Å². The van der Waals surface area contributed by atoms with Crippen LogP contribution in [0.1, 0.15) is 56.8 Å². The van der Waals surface area contributed by atoms with Gasteiger partial charge in [0.1, 0.15) is 28.2 Å². The lowest BCUT2D eigenvalue weighted by atomic mass is 9.80. The maximum Gasteiger partial charge on any atom is 0.573 e. The Kier molecular flexibility index (Phi) is 35.3. The van der Waals surface area contributed by atoms with E-state index in [0.29, 0.717) is 96.6 Å². The molecule has 0 spiro atoms. The molecule has 4 heterocycles. The number of ether oxygens (including phenoxy) is 6. The van der Waals surface area contributed by atoms with Crippen LogP contribution in [-0.4, -0.2) is 108 Å². The fourth-order valence-electron chi connectivity index (χ4n) is 7.96. The van der Waals surface area contributed by atoms with Crippen molar-refractivity contribution in [3.05, 3.63) is 225 Å². The molecule has 107 heavy (non-hydrogen) atoms. The summed E-state index contributed by atoms with van der Waals surface area (Å²) in [6.07, 6.45) is -12.7. The van der Waals surface area contributed by atoms with Crippen molar-refractivity contribution in [1.82, 2.24) is 39.9 Å². The molecule has 0 amide bonds. The van der Waals surface area contributed by atoms with Gasteiger partial charge in [-0.15, -0.1) is 52.7 Å². The average Bonchev–Trinajstić information content (AvgIpc) is 0.841. The Bertz CT molecular complexity index is 4350. The van der Waals surface area contributed by atoms with Crippen molar-refractivity contribution >= 4 is 139 Å². The average molecular weight is 1660 g/mol. The number of carbonyl (C=O) groups excluding carboxylic acids is 2. The number of esters is 2. The molecule has 0 bridgehead atoms. The van der Waals surface area contributed by atoms with Crippen molar-refractivity contribution in [3.8, 4) is 56.8 Å². The number of thiol groups is 4. The number of nitrogens with zero attached hydrogens (tertiary/aromatic N) is 8. The van der Waals surface area contributed by atoms with Gasteiger partial charge in [-0.25, -0.2) is 49.5 Å². The van der Waals surface area contributed by atoms with Crippen molar-refractivity contribution in [2.45, 2.75) is 62.3 Å². The highest BCUT2D eigenvalue weighted by Gasteiger charge is 2.34. The van der Waals surface area contributed by atoms with E-state index in [0.717, 1.165) is 41.0 Å². The number of benzene rings is 6. The number of aromatic nitrogens is 8. The first kappa shape index (κ1) is 88.7. The third-order valence-electron chi connectivity index (χ3n) is 12.6. The minimum atomic E-state index is -4.76. The Morgan fingerprint density at radius 2 is 0.729 bits per heavy atom. The van der Waals surface area contributed by atoms with Crippen LogP contribution in [0.4, 0.5) is 70.0 Å². The number of alkyl halides is 12. The number of rotatable bonds is 18. The second-order valence-corrected chi connectivity index (χ2v) is 22.8. The Hall–Kier alpha value is -8.92. The van der Waals surface area contributed by atoms with Crippen molar-refractivity contribution in [2.75, 3.05) is 24.3 Å². The molecule has 6 aromatic carbocycles. The molecule has 0 radical (unpaired) electrons. The van der Waals surface area contributed by atoms with Crippen molar-refractivity contribution in [2.24, 2.45) is 0 Å². The highest BCUT2D eigenvalue weighted by atomic mass is 35.5. The summed E-state index contributed by atoms with van der Waals surface area (Å²) in [5.74, 6) is -0.134. The van der Waals surface area contributed by atoms with E-state index >= 15 is 0 Å². The first-order valence-corrected chi connectivity index (χ1v) is 33.8. The van der Waals surface area contributed by atoms with E-state index in [-0.39, 0.29) is 57.1 Å². The lowest BCUT2D eigenvalue weighted by Crippen LogP contribution is -2.29. The number of nitrogen functional groups attached to an aromatic ring is 1. The summed E-state index contributed by atoms with van der Waals surface area (Å²) in [7, 11) is -1.70. The summed E-state index contributed by atoms with van der Waals surface area (Å²) in [6, 6.07) is 33.6. The molecule has 568 valence electrons. The molecule has 0 aliphatic carbocycles. The summed E-state index contributed by atoms with van der Waals surface area (Å²) in [4.78, 5) is 54.8. The Morgan fingerprint density at radius 1 is 0.430 bits per heavy atom. The van der Waals surface area contributed by atoms with E-state index < -0.39 is 44.3 Å². The van der Waals surface area contributed by atoms with Gasteiger partial charge in [0.05, 0.1) is 41.4 Å². The molecule has 4 aromatic heterocycles. The van der Waals surface area contributed by atoms with Crippen LogP contribution in [0.3, 0.4) is 0 Å². The number of nitrogens with two attached hydrogens (primary N) is 1. The summed E-state index contributed by atoms with van der Waals surface area (Å²) in [5.41, 5.74) is 14.1. The maximum absolute atomic E-state index is 12.4. The van der Waals surface area contributed by atoms with Gasteiger partial charge in [-0.3, -0.25) is 0 Å². The van der Waals surface area contributed by atoms with E-state index in [9.17, 15) is 62.3 Å². The molecule has 5 N–H and O–H groups in total. The zero-order chi connectivity index (χ0) is 79.2. The van der Waals surface area contributed by atoms with Crippen LogP contribution >= 0.6 is 96.9 Å². The van der Waals surface area contributed by atoms with Crippen molar-refractivity contribution < 1.29 is 101 Å². The van der Waals surface area contributed by atoms with Crippen LogP contribution in [0.2, 0.25) is 21.0 Å². The molecule has 0 saturated carbocycles. The topological polar surface area (TPSA) is 271 Å². The van der Waals surface area contributed by atoms with Crippen LogP contribution in [-0.2, 0) is 32.5 Å². The lowest BCUT2D eigenvalue weighted by molar-refractivity contribution is -0.275.